The van der Waals surface area contributed by atoms with Crippen LogP contribution in [0.15, 0.2) is 24.3 Å². The van der Waals surface area contributed by atoms with Crippen LogP contribution in [0.5, 0.6) is 0 Å². The average molecular weight is 295 g/mol. The van der Waals surface area contributed by atoms with Gasteiger partial charge in [-0.3, -0.25) is 0 Å². The third-order valence-corrected chi connectivity index (χ3v) is 4.27. The highest BCUT2D eigenvalue weighted by Crippen LogP contribution is 2.33. The van der Waals surface area contributed by atoms with E-state index in [4.69, 9.17) is 5.11 Å². The van der Waals surface area contributed by atoms with Crippen LogP contribution in [-0.4, -0.2) is 41.0 Å². The number of hydrogen-bond acceptors (Lipinski definition) is 5. The van der Waals surface area contributed by atoms with Crippen LogP contribution in [0.4, 0.5) is 0 Å². The summed E-state index contributed by atoms with van der Waals surface area (Å²) in [6.45, 7) is 0.595. The summed E-state index contributed by atoms with van der Waals surface area (Å²) in [4.78, 5) is 11.2. The van der Waals surface area contributed by atoms with Crippen LogP contribution >= 0.6 is 11.3 Å². The number of carbonyl (C=O) groups is 1. The molecule has 0 radical (unpaired) electrons. The van der Waals surface area contributed by atoms with Crippen LogP contribution in [0, 0.1) is 0 Å². The summed E-state index contributed by atoms with van der Waals surface area (Å²) >= 11 is 1.16. The number of aliphatic hydroxyl groups excluding tert-OH is 2. The van der Waals surface area contributed by atoms with Crippen LogP contribution in [0.2, 0.25) is 0 Å². The summed E-state index contributed by atoms with van der Waals surface area (Å²) < 4.78 is 0.791. The largest absolute Gasteiger partial charge is 0.477 e. The maximum Gasteiger partial charge on any atom is 0.345 e. The highest BCUT2D eigenvalue weighted by molar-refractivity contribution is 7.20. The highest BCUT2D eigenvalue weighted by atomic mass is 32.1. The van der Waals surface area contributed by atoms with Crippen LogP contribution in [0.1, 0.15) is 27.8 Å². The normalized spacial score (nSPS) is 14.3. The third kappa shape index (κ3) is 2.99. The molecule has 0 saturated carbocycles. The fourth-order valence-corrected chi connectivity index (χ4v) is 3.04. The standard InChI is InChI=1S/C14H17NO4S/c1-15-6-5-10(16)13(17)8-3-2-4-11-9(8)7-12(20-11)14(18)19/h2-4,7,10,13,15-17H,5-6H2,1H3,(H,18,19). The Balaban J connectivity index is 2.35. The molecule has 0 saturated heterocycles. The van der Waals surface area contributed by atoms with E-state index in [2.05, 4.69) is 5.32 Å². The summed E-state index contributed by atoms with van der Waals surface area (Å²) in [6, 6.07) is 6.83. The molecule has 2 aromatic rings. The molecule has 0 fully saturated rings. The van der Waals surface area contributed by atoms with Crippen molar-refractivity contribution in [2.24, 2.45) is 0 Å². The Morgan fingerprint density at radius 2 is 2.15 bits per heavy atom. The molecule has 0 spiro atoms. The van der Waals surface area contributed by atoms with Crippen LogP contribution < -0.4 is 5.32 Å². The molecule has 0 aliphatic heterocycles. The minimum atomic E-state index is -1.02. The molecule has 108 valence electrons. The number of fused-ring (bicyclic) bond motifs is 1. The summed E-state index contributed by atoms with van der Waals surface area (Å²) in [5.41, 5.74) is 0.565. The van der Waals surface area contributed by atoms with Gasteiger partial charge in [-0.15, -0.1) is 11.3 Å². The zero-order chi connectivity index (χ0) is 14.7. The second-order valence-electron chi connectivity index (χ2n) is 4.58. The number of rotatable bonds is 6. The van der Waals surface area contributed by atoms with Gasteiger partial charge in [0.15, 0.2) is 0 Å². The van der Waals surface area contributed by atoms with Gasteiger partial charge in [0.1, 0.15) is 11.0 Å². The van der Waals surface area contributed by atoms with Gasteiger partial charge >= 0.3 is 5.97 Å². The second kappa shape index (κ2) is 6.32. The van der Waals surface area contributed by atoms with Crippen molar-refractivity contribution in [3.05, 3.63) is 34.7 Å². The molecule has 5 nitrogen and oxygen atoms in total. The topological polar surface area (TPSA) is 89.8 Å². The monoisotopic (exact) mass is 295 g/mol. The van der Waals surface area contributed by atoms with Crippen molar-refractivity contribution in [1.29, 1.82) is 0 Å². The predicted octanol–water partition coefficient (Wildman–Crippen LogP) is 1.60. The summed E-state index contributed by atoms with van der Waals surface area (Å²) in [7, 11) is 1.78. The molecule has 0 aliphatic carbocycles. The lowest BCUT2D eigenvalue weighted by Crippen LogP contribution is -2.23. The number of aromatic carboxylic acids is 1. The van der Waals surface area contributed by atoms with Crippen molar-refractivity contribution in [1.82, 2.24) is 5.32 Å². The Bertz CT molecular complexity index is 610. The van der Waals surface area contributed by atoms with Crippen molar-refractivity contribution in [3.8, 4) is 0 Å². The Morgan fingerprint density at radius 1 is 1.40 bits per heavy atom. The van der Waals surface area contributed by atoms with Crippen molar-refractivity contribution in [3.63, 3.8) is 0 Å². The SMILES string of the molecule is CNCCC(O)C(O)c1cccc2sc(C(=O)O)cc12. The zero-order valence-electron chi connectivity index (χ0n) is 11.0. The summed E-state index contributed by atoms with van der Waals surface area (Å²) in [5.74, 6) is -0.984. The fraction of sp³-hybridized carbons (Fsp3) is 0.357. The molecule has 1 aromatic heterocycles. The number of aliphatic hydroxyl groups is 2. The molecule has 6 heteroatoms. The van der Waals surface area contributed by atoms with E-state index in [-0.39, 0.29) is 4.88 Å². The van der Waals surface area contributed by atoms with Gasteiger partial charge in [-0.1, -0.05) is 12.1 Å². The molecule has 0 bridgehead atoms. The minimum Gasteiger partial charge on any atom is -0.477 e. The van der Waals surface area contributed by atoms with Crippen LogP contribution in [-0.2, 0) is 0 Å². The number of hydrogen-bond donors (Lipinski definition) is 4. The Morgan fingerprint density at radius 3 is 2.80 bits per heavy atom. The van der Waals surface area contributed by atoms with Crippen LogP contribution in [0.3, 0.4) is 0 Å². The number of nitrogens with one attached hydrogen (secondary N) is 1. The maximum atomic E-state index is 11.0. The molecule has 1 aromatic carbocycles. The van der Waals surface area contributed by atoms with Gasteiger partial charge in [0.05, 0.1) is 6.10 Å². The van der Waals surface area contributed by atoms with Crippen molar-refractivity contribution in [2.75, 3.05) is 13.6 Å². The van der Waals surface area contributed by atoms with Gasteiger partial charge in [-0.2, -0.15) is 0 Å². The van der Waals surface area contributed by atoms with Gasteiger partial charge in [-0.05, 0) is 43.1 Å². The quantitative estimate of drug-likeness (QED) is 0.650. The smallest absolute Gasteiger partial charge is 0.345 e. The molecular weight excluding hydrogens is 278 g/mol. The van der Waals surface area contributed by atoms with Gasteiger partial charge in [-0.25, -0.2) is 4.79 Å². The van der Waals surface area contributed by atoms with E-state index in [9.17, 15) is 15.0 Å². The van der Waals surface area contributed by atoms with E-state index in [0.29, 0.717) is 23.9 Å². The maximum absolute atomic E-state index is 11.0. The lowest BCUT2D eigenvalue weighted by Gasteiger charge is -2.18. The number of carboxylic acid groups (broad SMARTS) is 1. The number of carboxylic acids is 1. The fourth-order valence-electron chi connectivity index (χ4n) is 2.10. The van der Waals surface area contributed by atoms with Crippen molar-refractivity contribution >= 4 is 27.4 Å². The van der Waals surface area contributed by atoms with E-state index < -0.39 is 18.2 Å². The first-order valence-corrected chi connectivity index (χ1v) is 7.12. The third-order valence-electron chi connectivity index (χ3n) is 3.18. The molecule has 0 amide bonds. The Labute approximate surface area is 120 Å². The Kier molecular flexibility index (Phi) is 4.72. The summed E-state index contributed by atoms with van der Waals surface area (Å²) in [5, 5.41) is 32.8. The minimum absolute atomic E-state index is 0.226. The second-order valence-corrected chi connectivity index (χ2v) is 5.66. The highest BCUT2D eigenvalue weighted by Gasteiger charge is 2.21. The van der Waals surface area contributed by atoms with E-state index in [1.807, 2.05) is 6.07 Å². The first-order chi connectivity index (χ1) is 9.54. The van der Waals surface area contributed by atoms with E-state index in [1.165, 1.54) is 0 Å². The summed E-state index contributed by atoms with van der Waals surface area (Å²) in [6.07, 6.45) is -1.49. The lowest BCUT2D eigenvalue weighted by atomic mass is 9.99. The molecule has 2 unspecified atom stereocenters. The molecule has 4 N–H and O–H groups in total. The lowest BCUT2D eigenvalue weighted by molar-refractivity contribution is 0.0149. The molecular formula is C14H17NO4S. The molecule has 2 atom stereocenters. The van der Waals surface area contributed by atoms with E-state index in [0.717, 1.165) is 16.0 Å². The van der Waals surface area contributed by atoms with Gasteiger partial charge < -0.3 is 20.6 Å². The van der Waals surface area contributed by atoms with E-state index in [1.54, 1.807) is 25.2 Å². The molecule has 1 heterocycles. The number of thiophene rings is 1. The Hall–Kier alpha value is -1.47. The van der Waals surface area contributed by atoms with Crippen LogP contribution in [0.25, 0.3) is 10.1 Å². The molecule has 2 rings (SSSR count). The van der Waals surface area contributed by atoms with Gasteiger partial charge in [0.25, 0.3) is 0 Å². The zero-order valence-corrected chi connectivity index (χ0v) is 11.9. The van der Waals surface area contributed by atoms with Gasteiger partial charge in [0.2, 0.25) is 0 Å². The number of benzene rings is 1. The molecule has 0 aliphatic rings. The first-order valence-electron chi connectivity index (χ1n) is 6.31. The van der Waals surface area contributed by atoms with E-state index >= 15 is 0 Å². The average Bonchev–Trinajstić information content (AvgIpc) is 2.88. The van der Waals surface area contributed by atoms with Crippen molar-refractivity contribution in [2.45, 2.75) is 18.6 Å². The van der Waals surface area contributed by atoms with Crippen molar-refractivity contribution < 1.29 is 20.1 Å². The predicted molar refractivity (Wildman–Crippen MR) is 78.3 cm³/mol. The van der Waals surface area contributed by atoms with Gasteiger partial charge in [0, 0.05) is 4.70 Å². The molecule has 20 heavy (non-hydrogen) atoms. The first kappa shape index (κ1) is 14.9.